The van der Waals surface area contributed by atoms with Crippen molar-refractivity contribution in [2.24, 2.45) is 0 Å². The smallest absolute Gasteiger partial charge is 0.251 e. The van der Waals surface area contributed by atoms with Crippen LogP contribution in [0, 0.1) is 17.5 Å². The van der Waals surface area contributed by atoms with Crippen LogP contribution >= 0.6 is 0 Å². The monoisotopic (exact) mass is 459 g/mol. The number of amides is 1. The molecule has 172 valence electrons. The van der Waals surface area contributed by atoms with E-state index < -0.39 is 36.1 Å². The molecule has 0 bridgehead atoms. The lowest BCUT2D eigenvalue weighted by Crippen LogP contribution is -2.32. The minimum Gasteiger partial charge on any atom is -0.393 e. The van der Waals surface area contributed by atoms with Crippen LogP contribution in [0.25, 0.3) is 0 Å². The van der Waals surface area contributed by atoms with Gasteiger partial charge in [-0.15, -0.1) is 0 Å². The Labute approximate surface area is 187 Å². The molecule has 3 aromatic rings. The predicted molar refractivity (Wildman–Crippen MR) is 115 cm³/mol. The zero-order valence-electron chi connectivity index (χ0n) is 17.5. The van der Waals surface area contributed by atoms with Crippen LogP contribution in [0.15, 0.2) is 48.7 Å². The maximum Gasteiger partial charge on any atom is 0.251 e. The number of nitrogens with zero attached hydrogens (tertiary/aromatic N) is 2. The molecule has 9 heteroatoms. The molecule has 4 rings (SSSR count). The van der Waals surface area contributed by atoms with Crippen LogP contribution < -0.4 is 10.2 Å². The number of fused-ring (bicyclic) bond motifs is 1. The second kappa shape index (κ2) is 9.58. The molecule has 33 heavy (non-hydrogen) atoms. The molecule has 2 N–H and O–H groups in total. The number of hydrogen-bond donors (Lipinski definition) is 2. The average Bonchev–Trinajstić information content (AvgIpc) is 3.25. The first-order valence-corrected chi connectivity index (χ1v) is 10.4. The topological polar surface area (TPSA) is 65.5 Å². The summed E-state index contributed by atoms with van der Waals surface area (Å²) in [5.41, 5.74) is 3.02. The number of alkyl halides is 1. The highest BCUT2D eigenvalue weighted by molar-refractivity contribution is 5.98. The Morgan fingerprint density at radius 2 is 1.88 bits per heavy atom. The first-order valence-electron chi connectivity index (χ1n) is 10.4. The number of pyridine rings is 1. The third-order valence-corrected chi connectivity index (χ3v) is 5.49. The summed E-state index contributed by atoms with van der Waals surface area (Å²) in [7, 11) is 0. The SMILES string of the molecule is O=C(NC[C@H](F)CO)c1cccc2c1CCN2c1cc(Cc2cc(F)c(F)c(F)c2)ccn1. The minimum atomic E-state index is -1.53. The quantitative estimate of drug-likeness (QED) is 0.416. The van der Waals surface area contributed by atoms with Crippen LogP contribution in [-0.4, -0.2) is 41.9 Å². The van der Waals surface area contributed by atoms with Gasteiger partial charge in [-0.3, -0.25) is 4.79 Å². The normalized spacial score (nSPS) is 13.7. The summed E-state index contributed by atoms with van der Waals surface area (Å²) in [6.07, 6.45) is 0.795. The van der Waals surface area contributed by atoms with Crippen LogP contribution in [0.3, 0.4) is 0 Å². The maximum atomic E-state index is 13.6. The molecular formula is C24H21F4N3O2. The van der Waals surface area contributed by atoms with Crippen molar-refractivity contribution in [3.8, 4) is 0 Å². The Hall–Kier alpha value is -3.46. The minimum absolute atomic E-state index is 0.183. The molecule has 2 aromatic carbocycles. The number of anilines is 2. The summed E-state index contributed by atoms with van der Waals surface area (Å²) >= 11 is 0. The second-order valence-electron chi connectivity index (χ2n) is 7.77. The highest BCUT2D eigenvalue weighted by Crippen LogP contribution is 2.36. The van der Waals surface area contributed by atoms with Crippen LogP contribution in [-0.2, 0) is 12.8 Å². The Balaban J connectivity index is 1.56. The van der Waals surface area contributed by atoms with Gasteiger partial charge in [0.05, 0.1) is 13.2 Å². The van der Waals surface area contributed by atoms with E-state index in [2.05, 4.69) is 10.3 Å². The van der Waals surface area contributed by atoms with E-state index in [1.807, 2.05) is 11.0 Å². The molecule has 0 saturated heterocycles. The molecule has 1 aliphatic heterocycles. The fourth-order valence-electron chi connectivity index (χ4n) is 3.91. The van der Waals surface area contributed by atoms with Crippen molar-refractivity contribution in [3.63, 3.8) is 0 Å². The molecule has 1 atom stereocenters. The number of rotatable bonds is 7. The summed E-state index contributed by atoms with van der Waals surface area (Å²) in [5.74, 6) is -3.81. The third kappa shape index (κ3) is 4.83. The Morgan fingerprint density at radius 1 is 1.12 bits per heavy atom. The van der Waals surface area contributed by atoms with E-state index in [-0.39, 0.29) is 13.0 Å². The molecule has 0 aliphatic carbocycles. The number of halogens is 4. The standard InChI is InChI=1S/C24H21F4N3O2/c25-16(13-32)12-30-24(33)18-2-1-3-21-17(18)5-7-31(21)22-11-14(4-6-29-22)8-15-9-19(26)23(28)20(27)10-15/h1-4,6,9-11,16,32H,5,7-8,12-13H2,(H,30,33)/t16-/m0/s1. The van der Waals surface area contributed by atoms with Crippen molar-refractivity contribution in [1.82, 2.24) is 10.3 Å². The van der Waals surface area contributed by atoms with Gasteiger partial charge < -0.3 is 15.3 Å². The number of aliphatic hydroxyl groups excluding tert-OH is 1. The molecule has 0 spiro atoms. The van der Waals surface area contributed by atoms with Crippen molar-refractivity contribution < 1.29 is 27.5 Å². The highest BCUT2D eigenvalue weighted by Gasteiger charge is 2.26. The van der Waals surface area contributed by atoms with E-state index in [0.717, 1.165) is 28.9 Å². The van der Waals surface area contributed by atoms with E-state index in [1.165, 1.54) is 0 Å². The lowest BCUT2D eigenvalue weighted by molar-refractivity contribution is 0.0927. The molecule has 0 unspecified atom stereocenters. The van der Waals surface area contributed by atoms with Gasteiger partial charge in [0.1, 0.15) is 12.0 Å². The fraction of sp³-hybridized carbons (Fsp3) is 0.250. The zero-order chi connectivity index (χ0) is 23.5. The number of nitrogens with one attached hydrogen (secondary N) is 1. The van der Waals surface area contributed by atoms with Gasteiger partial charge in [0.2, 0.25) is 0 Å². The van der Waals surface area contributed by atoms with Gasteiger partial charge in [-0.05, 0) is 65.9 Å². The second-order valence-corrected chi connectivity index (χ2v) is 7.77. The molecule has 5 nitrogen and oxygen atoms in total. The number of benzene rings is 2. The summed E-state index contributed by atoms with van der Waals surface area (Å²) in [6, 6.07) is 10.6. The van der Waals surface area contributed by atoms with E-state index in [4.69, 9.17) is 5.11 Å². The number of aromatic nitrogens is 1. The van der Waals surface area contributed by atoms with Crippen molar-refractivity contribution >= 4 is 17.4 Å². The first-order chi connectivity index (χ1) is 15.9. The number of aliphatic hydroxyl groups is 1. The van der Waals surface area contributed by atoms with E-state index in [9.17, 15) is 22.4 Å². The Morgan fingerprint density at radius 3 is 2.61 bits per heavy atom. The number of hydrogen-bond acceptors (Lipinski definition) is 4. The lowest BCUT2D eigenvalue weighted by atomic mass is 10.0. The van der Waals surface area contributed by atoms with E-state index >= 15 is 0 Å². The first kappa shape index (κ1) is 22.7. The van der Waals surface area contributed by atoms with E-state index in [1.54, 1.807) is 30.5 Å². The van der Waals surface area contributed by atoms with Gasteiger partial charge in [-0.2, -0.15) is 0 Å². The lowest BCUT2D eigenvalue weighted by Gasteiger charge is -2.19. The van der Waals surface area contributed by atoms with Crippen molar-refractivity contribution in [2.45, 2.75) is 19.0 Å². The van der Waals surface area contributed by atoms with Gasteiger partial charge in [0.25, 0.3) is 5.91 Å². The molecule has 1 amide bonds. The average molecular weight is 459 g/mol. The summed E-state index contributed by atoms with van der Waals surface area (Å²) in [6.45, 7) is -0.394. The Kier molecular flexibility index (Phi) is 6.60. The predicted octanol–water partition coefficient (Wildman–Crippen LogP) is 3.84. The van der Waals surface area contributed by atoms with Gasteiger partial charge in [-0.25, -0.2) is 22.5 Å². The molecule has 0 fully saturated rings. The van der Waals surface area contributed by atoms with Gasteiger partial charge in [0, 0.05) is 24.0 Å². The van der Waals surface area contributed by atoms with Crippen LogP contribution in [0.5, 0.6) is 0 Å². The molecule has 2 heterocycles. The summed E-state index contributed by atoms with van der Waals surface area (Å²) in [4.78, 5) is 18.8. The number of carbonyl (C=O) groups excluding carboxylic acids is 1. The van der Waals surface area contributed by atoms with Gasteiger partial charge >= 0.3 is 0 Å². The Bertz CT molecular complexity index is 1170. The van der Waals surface area contributed by atoms with Crippen LogP contribution in [0.2, 0.25) is 0 Å². The molecular weight excluding hydrogens is 438 g/mol. The molecule has 0 saturated carbocycles. The highest BCUT2D eigenvalue weighted by atomic mass is 19.2. The largest absolute Gasteiger partial charge is 0.393 e. The fourth-order valence-corrected chi connectivity index (χ4v) is 3.91. The summed E-state index contributed by atoms with van der Waals surface area (Å²) < 4.78 is 53.6. The van der Waals surface area contributed by atoms with Gasteiger partial charge in [0.15, 0.2) is 17.5 Å². The molecule has 1 aromatic heterocycles. The number of carbonyl (C=O) groups is 1. The van der Waals surface area contributed by atoms with Gasteiger partial charge in [-0.1, -0.05) is 6.07 Å². The van der Waals surface area contributed by atoms with Crippen molar-refractivity contribution in [2.75, 3.05) is 24.6 Å². The molecule has 1 aliphatic rings. The van der Waals surface area contributed by atoms with Crippen molar-refractivity contribution in [3.05, 3.63) is 88.4 Å². The maximum absolute atomic E-state index is 13.6. The van der Waals surface area contributed by atoms with Crippen LogP contribution in [0.1, 0.15) is 27.0 Å². The third-order valence-electron chi connectivity index (χ3n) is 5.49. The van der Waals surface area contributed by atoms with Crippen molar-refractivity contribution in [1.29, 1.82) is 0 Å². The van der Waals surface area contributed by atoms with Crippen LogP contribution in [0.4, 0.5) is 29.1 Å². The summed E-state index contributed by atoms with van der Waals surface area (Å²) in [5, 5.41) is 11.3. The van der Waals surface area contributed by atoms with E-state index in [0.29, 0.717) is 29.9 Å². The zero-order valence-corrected chi connectivity index (χ0v) is 17.5. The molecule has 0 radical (unpaired) electrons.